The number of aryl methyl sites for hydroxylation is 1. The molecule has 4 heterocycles. The highest BCUT2D eigenvalue weighted by atomic mass is 16.5. The van der Waals surface area contributed by atoms with Crippen molar-refractivity contribution in [2.45, 2.75) is 62.6 Å². The van der Waals surface area contributed by atoms with Crippen LogP contribution in [-0.2, 0) is 17.6 Å². The van der Waals surface area contributed by atoms with Crippen molar-refractivity contribution in [2.24, 2.45) is 0 Å². The number of benzene rings is 1. The molecule has 1 aliphatic carbocycles. The summed E-state index contributed by atoms with van der Waals surface area (Å²) >= 11 is 0. The van der Waals surface area contributed by atoms with Crippen molar-refractivity contribution in [1.29, 1.82) is 0 Å². The molecule has 0 saturated carbocycles. The summed E-state index contributed by atoms with van der Waals surface area (Å²) in [6.07, 6.45) is 6.44. The van der Waals surface area contributed by atoms with E-state index in [9.17, 15) is 4.79 Å². The van der Waals surface area contributed by atoms with Gasteiger partial charge in [0, 0.05) is 5.69 Å². The van der Waals surface area contributed by atoms with Crippen molar-refractivity contribution in [3.8, 4) is 11.4 Å². The average molecular weight is 389 g/mol. The Labute approximate surface area is 168 Å². The minimum atomic E-state index is -0.140. The van der Waals surface area contributed by atoms with Crippen LogP contribution >= 0.6 is 0 Å². The van der Waals surface area contributed by atoms with Crippen molar-refractivity contribution in [1.82, 2.24) is 15.1 Å². The molecule has 2 aromatic heterocycles. The van der Waals surface area contributed by atoms with E-state index in [-0.39, 0.29) is 17.6 Å². The van der Waals surface area contributed by atoms with Gasteiger partial charge in [-0.05, 0) is 61.6 Å². The van der Waals surface area contributed by atoms with Gasteiger partial charge in [-0.1, -0.05) is 35.5 Å². The molecular weight excluding hydrogens is 366 g/mol. The highest BCUT2D eigenvalue weighted by Gasteiger charge is 2.44. The van der Waals surface area contributed by atoms with E-state index in [2.05, 4.69) is 39.4 Å². The molecule has 2 aliphatic heterocycles. The van der Waals surface area contributed by atoms with Gasteiger partial charge in [0.05, 0.1) is 23.7 Å². The molecule has 1 unspecified atom stereocenters. The van der Waals surface area contributed by atoms with E-state index in [0.717, 1.165) is 44.2 Å². The summed E-state index contributed by atoms with van der Waals surface area (Å²) in [4.78, 5) is 20.4. The predicted molar refractivity (Wildman–Crippen MR) is 107 cm³/mol. The smallest absolute Gasteiger partial charge is 0.259 e. The second-order valence-corrected chi connectivity index (χ2v) is 8.54. The highest BCUT2D eigenvalue weighted by molar-refractivity contribution is 5.55. The SMILES string of the molecule is O=c1[nH]c2c(cc1-c1noc([C@@H]3C[C@H]4CC[C@@H]3O4)n1)CC(c1ccccc1)CC2. The molecule has 3 aromatic rings. The van der Waals surface area contributed by atoms with Crippen LogP contribution in [0.4, 0.5) is 0 Å². The van der Waals surface area contributed by atoms with Crippen LogP contribution in [0.2, 0.25) is 0 Å². The van der Waals surface area contributed by atoms with Gasteiger partial charge in [0.15, 0.2) is 0 Å². The fourth-order valence-electron chi connectivity index (χ4n) is 5.27. The number of hydrogen-bond donors (Lipinski definition) is 1. The van der Waals surface area contributed by atoms with E-state index in [1.165, 1.54) is 11.1 Å². The summed E-state index contributed by atoms with van der Waals surface area (Å²) in [7, 11) is 0. The predicted octanol–water partition coefficient (Wildman–Crippen LogP) is 3.73. The van der Waals surface area contributed by atoms with Gasteiger partial charge in [-0.15, -0.1) is 0 Å². The number of nitrogens with zero attached hydrogens (tertiary/aromatic N) is 2. The Morgan fingerprint density at radius 2 is 2.00 bits per heavy atom. The summed E-state index contributed by atoms with van der Waals surface area (Å²) < 4.78 is 11.5. The molecule has 6 rings (SSSR count). The Morgan fingerprint density at radius 1 is 1.10 bits per heavy atom. The first kappa shape index (κ1) is 17.2. The van der Waals surface area contributed by atoms with E-state index < -0.39 is 0 Å². The Kier molecular flexibility index (Phi) is 3.94. The van der Waals surface area contributed by atoms with E-state index in [0.29, 0.717) is 29.3 Å². The molecule has 0 spiro atoms. The van der Waals surface area contributed by atoms with Gasteiger partial charge in [0.2, 0.25) is 11.7 Å². The topological polar surface area (TPSA) is 81.0 Å². The number of H-pyrrole nitrogens is 1. The zero-order valence-electron chi connectivity index (χ0n) is 16.1. The lowest BCUT2D eigenvalue weighted by Crippen LogP contribution is -2.20. The molecule has 1 aromatic carbocycles. The standard InChI is InChI=1S/C23H23N3O3/c27-22-18(21-25-23(29-26-21)17-12-16-7-9-20(17)28-16)11-15-10-14(6-8-19(15)24-22)13-4-2-1-3-5-13/h1-5,11,14,16-17,20H,6-10,12H2,(H,24,27)/t14?,16-,17-,20+/m1/s1. The number of fused-ring (bicyclic) bond motifs is 3. The average Bonchev–Trinajstić information content (AvgIpc) is 3.50. The molecule has 4 atom stereocenters. The molecule has 0 amide bonds. The number of rotatable bonds is 3. The first-order valence-electron chi connectivity index (χ1n) is 10.5. The van der Waals surface area contributed by atoms with Crippen LogP contribution in [0.15, 0.2) is 45.7 Å². The zero-order chi connectivity index (χ0) is 19.4. The van der Waals surface area contributed by atoms with Gasteiger partial charge in [-0.3, -0.25) is 4.79 Å². The second-order valence-electron chi connectivity index (χ2n) is 8.54. The molecule has 2 fully saturated rings. The molecule has 6 heteroatoms. The zero-order valence-corrected chi connectivity index (χ0v) is 16.1. The molecule has 29 heavy (non-hydrogen) atoms. The van der Waals surface area contributed by atoms with Crippen LogP contribution in [0.1, 0.15) is 60.2 Å². The molecule has 0 radical (unpaired) electrons. The lowest BCUT2D eigenvalue weighted by atomic mass is 9.82. The van der Waals surface area contributed by atoms with Gasteiger partial charge >= 0.3 is 0 Å². The van der Waals surface area contributed by atoms with Crippen molar-refractivity contribution in [3.63, 3.8) is 0 Å². The van der Waals surface area contributed by atoms with Crippen LogP contribution in [0.25, 0.3) is 11.4 Å². The largest absolute Gasteiger partial charge is 0.374 e. The summed E-state index contributed by atoms with van der Waals surface area (Å²) in [6, 6.07) is 12.6. The maximum absolute atomic E-state index is 12.7. The Bertz CT molecular complexity index is 1100. The summed E-state index contributed by atoms with van der Waals surface area (Å²) in [6.45, 7) is 0. The lowest BCUT2D eigenvalue weighted by molar-refractivity contribution is 0.0974. The van der Waals surface area contributed by atoms with E-state index >= 15 is 0 Å². The molecule has 3 aliphatic rings. The van der Waals surface area contributed by atoms with Gasteiger partial charge < -0.3 is 14.2 Å². The second kappa shape index (κ2) is 6.66. The quantitative estimate of drug-likeness (QED) is 0.738. The molecule has 1 N–H and O–H groups in total. The number of ether oxygens (including phenoxy) is 1. The van der Waals surface area contributed by atoms with Crippen LogP contribution in [-0.4, -0.2) is 27.3 Å². The van der Waals surface area contributed by atoms with Gasteiger partial charge in [0.1, 0.15) is 0 Å². The van der Waals surface area contributed by atoms with Crippen LogP contribution in [0.3, 0.4) is 0 Å². The number of nitrogens with one attached hydrogen (secondary N) is 1. The fraction of sp³-hybridized carbons (Fsp3) is 0.435. The normalized spacial score (nSPS) is 27.9. The van der Waals surface area contributed by atoms with Gasteiger partial charge in [0.25, 0.3) is 5.56 Å². The third-order valence-corrected chi connectivity index (χ3v) is 6.80. The molecule has 2 saturated heterocycles. The third kappa shape index (κ3) is 2.94. The van der Waals surface area contributed by atoms with Crippen LogP contribution in [0.5, 0.6) is 0 Å². The van der Waals surface area contributed by atoms with Gasteiger partial charge in [-0.25, -0.2) is 0 Å². The van der Waals surface area contributed by atoms with E-state index in [1.807, 2.05) is 12.1 Å². The first-order chi connectivity index (χ1) is 14.2. The van der Waals surface area contributed by atoms with Crippen molar-refractivity contribution in [2.75, 3.05) is 0 Å². The summed E-state index contributed by atoms with van der Waals surface area (Å²) in [5.41, 5.74) is 3.92. The van der Waals surface area contributed by atoms with Gasteiger partial charge in [-0.2, -0.15) is 4.98 Å². The Balaban J connectivity index is 1.31. The van der Waals surface area contributed by atoms with Crippen LogP contribution in [0, 0.1) is 0 Å². The molecule has 6 nitrogen and oxygen atoms in total. The number of aromatic nitrogens is 3. The maximum Gasteiger partial charge on any atom is 0.259 e. The van der Waals surface area contributed by atoms with Crippen molar-refractivity contribution < 1.29 is 9.26 Å². The first-order valence-corrected chi connectivity index (χ1v) is 10.5. The molecule has 2 bridgehead atoms. The summed E-state index contributed by atoms with van der Waals surface area (Å²) in [5, 5.41) is 4.14. The molecular formula is C23H23N3O3. The fourth-order valence-corrected chi connectivity index (χ4v) is 5.27. The van der Waals surface area contributed by atoms with E-state index in [4.69, 9.17) is 9.26 Å². The minimum absolute atomic E-state index is 0.140. The number of aromatic amines is 1. The highest BCUT2D eigenvalue weighted by Crippen LogP contribution is 2.44. The van der Waals surface area contributed by atoms with Crippen molar-refractivity contribution in [3.05, 3.63) is 69.5 Å². The Morgan fingerprint density at radius 3 is 2.79 bits per heavy atom. The lowest BCUT2D eigenvalue weighted by Gasteiger charge is -2.25. The summed E-state index contributed by atoms with van der Waals surface area (Å²) in [5.74, 6) is 1.61. The van der Waals surface area contributed by atoms with Crippen molar-refractivity contribution >= 4 is 0 Å². The van der Waals surface area contributed by atoms with E-state index in [1.54, 1.807) is 0 Å². The number of hydrogen-bond acceptors (Lipinski definition) is 5. The monoisotopic (exact) mass is 389 g/mol. The maximum atomic E-state index is 12.7. The minimum Gasteiger partial charge on any atom is -0.374 e. The van der Waals surface area contributed by atoms with Crippen LogP contribution < -0.4 is 5.56 Å². The molecule has 148 valence electrons. The third-order valence-electron chi connectivity index (χ3n) is 6.80. The Hall–Kier alpha value is -2.73. The number of pyridine rings is 1.